The summed E-state index contributed by atoms with van der Waals surface area (Å²) in [5.41, 5.74) is 1.44. The van der Waals surface area contributed by atoms with Crippen LogP contribution in [-0.2, 0) is 17.9 Å². The largest absolute Gasteiger partial charge is 0.464 e. The van der Waals surface area contributed by atoms with Gasteiger partial charge in [0.15, 0.2) is 0 Å². The molecule has 4 rings (SSSR count). The highest BCUT2D eigenvalue weighted by atomic mass is 35.5. The average Bonchev–Trinajstić information content (AvgIpc) is 3.55. The first-order valence-corrected chi connectivity index (χ1v) is 11.3. The Labute approximate surface area is 197 Å². The molecule has 3 aromatic rings. The summed E-state index contributed by atoms with van der Waals surface area (Å²) in [5, 5.41) is 0.707. The second-order valence-electron chi connectivity index (χ2n) is 8.04. The molecule has 1 fully saturated rings. The van der Waals surface area contributed by atoms with Gasteiger partial charge in [-0.2, -0.15) is 0 Å². The molecule has 2 amide bonds. The number of furan rings is 1. The number of hydrogen-bond donors (Lipinski definition) is 0. The lowest BCUT2D eigenvalue weighted by Crippen LogP contribution is -2.43. The second kappa shape index (κ2) is 9.80. The first kappa shape index (κ1) is 22.4. The number of carbonyl (C=O) groups is 2. The molecule has 166 valence electrons. The van der Waals surface area contributed by atoms with E-state index in [4.69, 9.17) is 27.6 Å². The molecule has 5 nitrogen and oxygen atoms in total. The summed E-state index contributed by atoms with van der Waals surface area (Å²) in [6.45, 7) is 2.63. The van der Waals surface area contributed by atoms with Crippen molar-refractivity contribution in [1.82, 2.24) is 9.80 Å². The van der Waals surface area contributed by atoms with Crippen LogP contribution in [0.15, 0.2) is 65.1 Å². The van der Waals surface area contributed by atoms with Crippen molar-refractivity contribution in [3.05, 3.63) is 93.4 Å². The molecule has 1 aliphatic rings. The third-order valence-corrected chi connectivity index (χ3v) is 6.17. The highest BCUT2D eigenvalue weighted by molar-refractivity contribution is 6.42. The molecule has 1 aliphatic carbocycles. The van der Waals surface area contributed by atoms with Crippen LogP contribution in [0.1, 0.15) is 40.3 Å². The third-order valence-electron chi connectivity index (χ3n) is 5.43. The normalized spacial score (nSPS) is 13.1. The van der Waals surface area contributed by atoms with Gasteiger partial charge in [0.25, 0.3) is 5.91 Å². The molecule has 7 heteroatoms. The van der Waals surface area contributed by atoms with Gasteiger partial charge in [0.1, 0.15) is 18.1 Å². The quantitative estimate of drug-likeness (QED) is 0.422. The summed E-state index contributed by atoms with van der Waals surface area (Å²) in [6.07, 6.45) is 1.77. The third kappa shape index (κ3) is 5.53. The number of hydrogen-bond acceptors (Lipinski definition) is 3. The summed E-state index contributed by atoms with van der Waals surface area (Å²) in [5.74, 6) is 1.15. The second-order valence-corrected chi connectivity index (χ2v) is 8.86. The predicted octanol–water partition coefficient (Wildman–Crippen LogP) is 5.73. The van der Waals surface area contributed by atoms with Crippen molar-refractivity contribution in [3.63, 3.8) is 0 Å². The zero-order chi connectivity index (χ0) is 22.7. The van der Waals surface area contributed by atoms with Crippen molar-refractivity contribution in [1.29, 1.82) is 0 Å². The number of carbonyl (C=O) groups excluding carboxylic acids is 2. The molecular formula is C25H24Cl2N2O3. The molecule has 1 aromatic heterocycles. The minimum atomic E-state index is -0.215. The molecule has 32 heavy (non-hydrogen) atoms. The zero-order valence-corrected chi connectivity index (χ0v) is 19.3. The number of nitrogens with zero attached hydrogens (tertiary/aromatic N) is 2. The highest BCUT2D eigenvalue weighted by Gasteiger charge is 2.35. The molecule has 1 saturated carbocycles. The van der Waals surface area contributed by atoms with E-state index in [-0.39, 0.29) is 24.4 Å². The van der Waals surface area contributed by atoms with E-state index in [1.807, 2.05) is 49.4 Å². The van der Waals surface area contributed by atoms with E-state index in [1.165, 1.54) is 0 Å². The molecule has 0 N–H and O–H groups in total. The lowest BCUT2D eigenvalue weighted by Gasteiger charge is -2.27. The van der Waals surface area contributed by atoms with Gasteiger partial charge in [-0.25, -0.2) is 0 Å². The SMILES string of the molecule is Cc1ccc(CN(Cc2ccccc2)C(=O)CN(C(=O)c2ccc(Cl)c(Cl)c2)C2CC2)o1. The van der Waals surface area contributed by atoms with Crippen molar-refractivity contribution in [2.24, 2.45) is 0 Å². The number of aryl methyl sites for hydroxylation is 1. The molecule has 0 bridgehead atoms. The molecule has 0 aliphatic heterocycles. The Morgan fingerprint density at radius 3 is 2.34 bits per heavy atom. The van der Waals surface area contributed by atoms with Crippen LogP contribution in [0.2, 0.25) is 10.0 Å². The molecule has 2 aromatic carbocycles. The summed E-state index contributed by atoms with van der Waals surface area (Å²) in [4.78, 5) is 30.0. The standard InChI is InChI=1S/C25H24Cl2N2O3/c1-17-7-11-21(32-17)15-28(14-18-5-3-2-4-6-18)24(30)16-29(20-9-10-20)25(31)19-8-12-22(26)23(27)13-19/h2-8,11-13,20H,9-10,14-16H2,1H3. The fourth-order valence-corrected chi connectivity index (χ4v) is 3.89. The van der Waals surface area contributed by atoms with Crippen LogP contribution in [0.25, 0.3) is 0 Å². The van der Waals surface area contributed by atoms with Gasteiger partial charge in [0.05, 0.1) is 16.6 Å². The summed E-state index contributed by atoms with van der Waals surface area (Å²) < 4.78 is 5.71. The van der Waals surface area contributed by atoms with Gasteiger partial charge in [-0.3, -0.25) is 9.59 Å². The minimum Gasteiger partial charge on any atom is -0.464 e. The Morgan fingerprint density at radius 2 is 1.72 bits per heavy atom. The zero-order valence-electron chi connectivity index (χ0n) is 17.8. The first-order chi connectivity index (χ1) is 15.4. The average molecular weight is 471 g/mol. The van der Waals surface area contributed by atoms with E-state index in [0.29, 0.717) is 34.5 Å². The van der Waals surface area contributed by atoms with E-state index >= 15 is 0 Å². The van der Waals surface area contributed by atoms with Crippen molar-refractivity contribution in [2.75, 3.05) is 6.54 Å². The van der Waals surface area contributed by atoms with Crippen LogP contribution >= 0.6 is 23.2 Å². The molecule has 0 radical (unpaired) electrons. The molecular weight excluding hydrogens is 447 g/mol. The van der Waals surface area contributed by atoms with Gasteiger partial charge >= 0.3 is 0 Å². The van der Waals surface area contributed by atoms with Gasteiger partial charge in [0.2, 0.25) is 5.91 Å². The fourth-order valence-electron chi connectivity index (χ4n) is 3.59. The van der Waals surface area contributed by atoms with Crippen molar-refractivity contribution in [3.8, 4) is 0 Å². The van der Waals surface area contributed by atoms with Gasteiger partial charge in [-0.05, 0) is 55.7 Å². The maximum absolute atomic E-state index is 13.4. The predicted molar refractivity (Wildman–Crippen MR) is 125 cm³/mol. The Hall–Kier alpha value is -2.76. The fraction of sp³-hybridized carbons (Fsp3) is 0.280. The van der Waals surface area contributed by atoms with E-state index in [2.05, 4.69) is 0 Å². The van der Waals surface area contributed by atoms with Crippen LogP contribution in [-0.4, -0.2) is 34.2 Å². The van der Waals surface area contributed by atoms with Crippen LogP contribution in [0, 0.1) is 6.92 Å². The van der Waals surface area contributed by atoms with Crippen LogP contribution in [0.5, 0.6) is 0 Å². The van der Waals surface area contributed by atoms with Gasteiger partial charge in [-0.1, -0.05) is 53.5 Å². The van der Waals surface area contributed by atoms with Crippen LogP contribution < -0.4 is 0 Å². The van der Waals surface area contributed by atoms with Crippen molar-refractivity contribution < 1.29 is 14.0 Å². The Bertz CT molecular complexity index is 1110. The molecule has 0 spiro atoms. The molecule has 1 heterocycles. The topological polar surface area (TPSA) is 53.8 Å². The van der Waals surface area contributed by atoms with Crippen molar-refractivity contribution >= 4 is 35.0 Å². The lowest BCUT2D eigenvalue weighted by atomic mass is 10.2. The van der Waals surface area contributed by atoms with E-state index in [9.17, 15) is 9.59 Å². The summed E-state index contributed by atoms with van der Waals surface area (Å²) >= 11 is 12.1. The van der Waals surface area contributed by atoms with E-state index in [0.717, 1.165) is 24.2 Å². The molecule has 0 atom stereocenters. The minimum absolute atomic E-state index is 0.00370. The Kier molecular flexibility index (Phi) is 6.87. The van der Waals surface area contributed by atoms with Gasteiger partial charge in [0, 0.05) is 18.2 Å². The van der Waals surface area contributed by atoms with Gasteiger partial charge < -0.3 is 14.2 Å². The number of amides is 2. The number of rotatable bonds is 8. The van der Waals surface area contributed by atoms with Gasteiger partial charge in [-0.15, -0.1) is 0 Å². The Balaban J connectivity index is 1.54. The summed E-state index contributed by atoms with van der Waals surface area (Å²) in [6, 6.07) is 18.4. The molecule has 0 saturated heterocycles. The molecule has 0 unspecified atom stereocenters. The monoisotopic (exact) mass is 470 g/mol. The Morgan fingerprint density at radius 1 is 0.969 bits per heavy atom. The van der Waals surface area contributed by atoms with Crippen molar-refractivity contribution in [2.45, 2.75) is 38.9 Å². The van der Waals surface area contributed by atoms with E-state index in [1.54, 1.807) is 28.0 Å². The maximum atomic E-state index is 13.4. The van der Waals surface area contributed by atoms with Crippen LogP contribution in [0.4, 0.5) is 0 Å². The highest BCUT2D eigenvalue weighted by Crippen LogP contribution is 2.30. The number of halogens is 2. The first-order valence-electron chi connectivity index (χ1n) is 10.5. The maximum Gasteiger partial charge on any atom is 0.254 e. The summed E-state index contributed by atoms with van der Waals surface area (Å²) in [7, 11) is 0. The smallest absolute Gasteiger partial charge is 0.254 e. The van der Waals surface area contributed by atoms with Crippen LogP contribution in [0.3, 0.4) is 0 Å². The lowest BCUT2D eigenvalue weighted by molar-refractivity contribution is -0.133. The van der Waals surface area contributed by atoms with E-state index < -0.39 is 0 Å². The number of benzene rings is 2.